The van der Waals surface area contributed by atoms with Crippen LogP contribution in [0.5, 0.6) is 0 Å². The summed E-state index contributed by atoms with van der Waals surface area (Å²) in [5.74, 6) is 0. The van der Waals surface area contributed by atoms with Crippen LogP contribution < -0.4 is 4.72 Å². The summed E-state index contributed by atoms with van der Waals surface area (Å²) in [6.45, 7) is 2.32. The highest BCUT2D eigenvalue weighted by Gasteiger charge is 2.26. The molecule has 0 spiro atoms. The number of rotatable bonds is 5. The molecule has 0 aliphatic carbocycles. The van der Waals surface area contributed by atoms with E-state index in [1.165, 1.54) is 12.1 Å². The highest BCUT2D eigenvalue weighted by molar-refractivity contribution is 7.89. The summed E-state index contributed by atoms with van der Waals surface area (Å²) in [5.41, 5.74) is 0.577. The van der Waals surface area contributed by atoms with Gasteiger partial charge >= 0.3 is 0 Å². The molecular weight excluding hydrogens is 266 g/mol. The summed E-state index contributed by atoms with van der Waals surface area (Å²) in [6, 6.07) is 6.04. The molecule has 0 aromatic heterocycles. The second kappa shape index (κ2) is 6.00. The first-order valence-electron chi connectivity index (χ1n) is 6.36. The number of nitrogens with one attached hydrogen (secondary N) is 1. The van der Waals surface area contributed by atoms with Crippen LogP contribution in [0.15, 0.2) is 29.2 Å². The molecular formula is C13H19NO4S. The Hall–Kier alpha value is -0.950. The first kappa shape index (κ1) is 14.5. The zero-order valence-corrected chi connectivity index (χ0v) is 11.7. The van der Waals surface area contributed by atoms with Crippen molar-refractivity contribution in [3.63, 3.8) is 0 Å². The van der Waals surface area contributed by atoms with E-state index in [-0.39, 0.29) is 23.6 Å². The van der Waals surface area contributed by atoms with Gasteiger partial charge in [-0.25, -0.2) is 13.1 Å². The molecule has 0 amide bonds. The summed E-state index contributed by atoms with van der Waals surface area (Å²) in [7, 11) is -3.57. The molecule has 1 aliphatic heterocycles. The molecule has 5 nitrogen and oxygen atoms in total. The predicted molar refractivity (Wildman–Crippen MR) is 71.1 cm³/mol. The summed E-state index contributed by atoms with van der Waals surface area (Å²) in [4.78, 5) is 0.170. The van der Waals surface area contributed by atoms with E-state index in [4.69, 9.17) is 9.84 Å². The van der Waals surface area contributed by atoms with E-state index in [9.17, 15) is 8.42 Å². The molecule has 1 aliphatic rings. The zero-order valence-electron chi connectivity index (χ0n) is 10.9. The minimum Gasteiger partial charge on any atom is -0.392 e. The second-order valence-corrected chi connectivity index (χ2v) is 6.48. The van der Waals surface area contributed by atoms with Gasteiger partial charge in [0.2, 0.25) is 10.0 Å². The summed E-state index contributed by atoms with van der Waals surface area (Å²) in [5, 5.41) is 9.05. The molecule has 19 heavy (non-hydrogen) atoms. The van der Waals surface area contributed by atoms with Gasteiger partial charge in [0, 0.05) is 12.6 Å². The Labute approximate surface area is 113 Å². The molecule has 1 saturated heterocycles. The van der Waals surface area contributed by atoms with Crippen molar-refractivity contribution >= 4 is 10.0 Å². The van der Waals surface area contributed by atoms with Gasteiger partial charge in [0.1, 0.15) is 0 Å². The van der Waals surface area contributed by atoms with Crippen LogP contribution in [0.25, 0.3) is 0 Å². The highest BCUT2D eigenvalue weighted by Crippen LogP contribution is 2.18. The average Bonchev–Trinajstić information content (AvgIpc) is 2.92. The quantitative estimate of drug-likeness (QED) is 0.847. The predicted octanol–water partition coefficient (Wildman–Crippen LogP) is 1.02. The Morgan fingerprint density at radius 3 is 2.95 bits per heavy atom. The van der Waals surface area contributed by atoms with Crippen molar-refractivity contribution in [3.05, 3.63) is 29.8 Å². The maximum absolute atomic E-state index is 12.2. The number of benzene rings is 1. The largest absolute Gasteiger partial charge is 0.392 e. The van der Waals surface area contributed by atoms with E-state index in [2.05, 4.69) is 4.72 Å². The van der Waals surface area contributed by atoms with Crippen molar-refractivity contribution < 1.29 is 18.3 Å². The lowest BCUT2D eigenvalue weighted by atomic mass is 10.1. The van der Waals surface area contributed by atoms with Crippen molar-refractivity contribution in [2.45, 2.75) is 43.4 Å². The fraction of sp³-hybridized carbons (Fsp3) is 0.538. The first-order valence-corrected chi connectivity index (χ1v) is 7.85. The van der Waals surface area contributed by atoms with Crippen LogP contribution in [-0.4, -0.2) is 32.3 Å². The average molecular weight is 285 g/mol. The third-order valence-corrected chi connectivity index (χ3v) is 4.81. The molecule has 1 fully saturated rings. The SMILES string of the molecule is CC(NS(=O)(=O)c1cccc(CO)c1)C1CCCO1. The molecule has 1 heterocycles. The molecule has 0 radical (unpaired) electrons. The minimum atomic E-state index is -3.57. The number of aliphatic hydroxyl groups excluding tert-OH is 1. The van der Waals surface area contributed by atoms with Gasteiger partial charge in [0.15, 0.2) is 0 Å². The first-order chi connectivity index (χ1) is 9.03. The molecule has 2 unspecified atom stereocenters. The fourth-order valence-corrected chi connectivity index (χ4v) is 3.54. The smallest absolute Gasteiger partial charge is 0.240 e. The van der Waals surface area contributed by atoms with E-state index in [0.29, 0.717) is 12.2 Å². The third-order valence-electron chi connectivity index (χ3n) is 3.25. The number of hydrogen-bond donors (Lipinski definition) is 2. The van der Waals surface area contributed by atoms with Gasteiger partial charge in [0.05, 0.1) is 17.6 Å². The Morgan fingerprint density at radius 2 is 2.32 bits per heavy atom. The van der Waals surface area contributed by atoms with Crippen LogP contribution in [0.3, 0.4) is 0 Å². The van der Waals surface area contributed by atoms with Gasteiger partial charge in [-0.05, 0) is 37.5 Å². The lowest BCUT2D eigenvalue weighted by molar-refractivity contribution is 0.0902. The van der Waals surface area contributed by atoms with E-state index in [1.54, 1.807) is 12.1 Å². The molecule has 0 bridgehead atoms. The Kier molecular flexibility index (Phi) is 4.57. The Balaban J connectivity index is 2.12. The number of sulfonamides is 1. The van der Waals surface area contributed by atoms with Gasteiger partial charge in [-0.3, -0.25) is 0 Å². The number of hydrogen-bond acceptors (Lipinski definition) is 4. The molecule has 1 aromatic rings. The van der Waals surface area contributed by atoms with Gasteiger partial charge < -0.3 is 9.84 Å². The van der Waals surface area contributed by atoms with Crippen molar-refractivity contribution in [2.24, 2.45) is 0 Å². The van der Waals surface area contributed by atoms with Crippen LogP contribution in [0.1, 0.15) is 25.3 Å². The van der Waals surface area contributed by atoms with E-state index < -0.39 is 10.0 Å². The number of ether oxygens (including phenoxy) is 1. The van der Waals surface area contributed by atoms with Crippen molar-refractivity contribution in [1.29, 1.82) is 0 Å². The monoisotopic (exact) mass is 285 g/mol. The topological polar surface area (TPSA) is 75.6 Å². The Morgan fingerprint density at radius 1 is 1.53 bits per heavy atom. The Bertz CT molecular complexity index is 523. The molecule has 2 N–H and O–H groups in total. The normalized spacial score (nSPS) is 21.5. The van der Waals surface area contributed by atoms with Crippen LogP contribution in [0.2, 0.25) is 0 Å². The molecule has 6 heteroatoms. The van der Waals surface area contributed by atoms with E-state index in [0.717, 1.165) is 12.8 Å². The second-order valence-electron chi connectivity index (χ2n) is 4.77. The molecule has 106 valence electrons. The fourth-order valence-electron chi connectivity index (χ4n) is 2.20. The summed E-state index contributed by atoms with van der Waals surface area (Å²) in [6.07, 6.45) is 1.78. The molecule has 0 saturated carbocycles. The maximum Gasteiger partial charge on any atom is 0.240 e. The van der Waals surface area contributed by atoms with E-state index in [1.807, 2.05) is 6.92 Å². The van der Waals surface area contributed by atoms with Crippen LogP contribution >= 0.6 is 0 Å². The number of aliphatic hydroxyl groups is 1. The lowest BCUT2D eigenvalue weighted by Crippen LogP contribution is -2.40. The van der Waals surface area contributed by atoms with Crippen molar-refractivity contribution in [1.82, 2.24) is 4.72 Å². The van der Waals surface area contributed by atoms with Crippen LogP contribution in [0.4, 0.5) is 0 Å². The lowest BCUT2D eigenvalue weighted by Gasteiger charge is -2.20. The molecule has 1 aromatic carbocycles. The maximum atomic E-state index is 12.2. The third kappa shape index (κ3) is 3.54. The minimum absolute atomic E-state index is 0.0594. The zero-order chi connectivity index (χ0) is 13.9. The summed E-state index contributed by atoms with van der Waals surface area (Å²) < 4.78 is 32.5. The van der Waals surface area contributed by atoms with Gasteiger partial charge in [-0.2, -0.15) is 0 Å². The van der Waals surface area contributed by atoms with Gasteiger partial charge in [0.25, 0.3) is 0 Å². The van der Waals surface area contributed by atoms with Crippen molar-refractivity contribution in [2.75, 3.05) is 6.61 Å². The van der Waals surface area contributed by atoms with Crippen LogP contribution in [0, 0.1) is 0 Å². The van der Waals surface area contributed by atoms with E-state index >= 15 is 0 Å². The molecule has 2 rings (SSSR count). The summed E-state index contributed by atoms with van der Waals surface area (Å²) >= 11 is 0. The highest BCUT2D eigenvalue weighted by atomic mass is 32.2. The van der Waals surface area contributed by atoms with Gasteiger partial charge in [-0.15, -0.1) is 0 Å². The molecule has 2 atom stereocenters. The van der Waals surface area contributed by atoms with Gasteiger partial charge in [-0.1, -0.05) is 12.1 Å². The standard InChI is InChI=1S/C13H19NO4S/c1-10(13-6-3-7-18-13)14-19(16,17)12-5-2-4-11(8-12)9-15/h2,4-5,8,10,13-15H,3,6-7,9H2,1H3. The van der Waals surface area contributed by atoms with Crippen LogP contribution in [-0.2, 0) is 21.4 Å². The van der Waals surface area contributed by atoms with Crippen molar-refractivity contribution in [3.8, 4) is 0 Å².